The van der Waals surface area contributed by atoms with Crippen molar-refractivity contribution < 1.29 is 4.79 Å². The van der Waals surface area contributed by atoms with Crippen molar-refractivity contribution in [2.75, 3.05) is 0 Å². The van der Waals surface area contributed by atoms with Crippen LogP contribution in [-0.2, 0) is 4.79 Å². The zero-order valence-electron chi connectivity index (χ0n) is 9.05. The van der Waals surface area contributed by atoms with E-state index in [-0.39, 0.29) is 0 Å². The molecule has 1 saturated heterocycles. The maximum absolute atomic E-state index is 11.8. The fourth-order valence-corrected chi connectivity index (χ4v) is 2.14. The molecule has 1 heterocycles. The third-order valence-electron chi connectivity index (χ3n) is 2.98. The van der Waals surface area contributed by atoms with Crippen molar-refractivity contribution in [2.45, 2.75) is 65.0 Å². The van der Waals surface area contributed by atoms with E-state index in [0.29, 0.717) is 18.0 Å². The van der Waals surface area contributed by atoms with Crippen LogP contribution in [-0.4, -0.2) is 22.9 Å². The Morgan fingerprint density at radius 1 is 1.31 bits per heavy atom. The molecule has 2 heteroatoms. The van der Waals surface area contributed by atoms with Crippen LogP contribution in [0.25, 0.3) is 0 Å². The van der Waals surface area contributed by atoms with Crippen LogP contribution in [0.5, 0.6) is 0 Å². The molecule has 0 aliphatic carbocycles. The molecule has 13 heavy (non-hydrogen) atoms. The van der Waals surface area contributed by atoms with Crippen LogP contribution in [0, 0.1) is 0 Å². The van der Waals surface area contributed by atoms with Crippen LogP contribution in [0.2, 0.25) is 0 Å². The third kappa shape index (κ3) is 2.45. The highest BCUT2D eigenvalue weighted by molar-refractivity contribution is 5.77. The second-order valence-electron chi connectivity index (χ2n) is 4.18. The highest BCUT2D eigenvalue weighted by atomic mass is 16.2. The Hall–Kier alpha value is -0.530. The van der Waals surface area contributed by atoms with E-state index in [1.165, 1.54) is 12.8 Å². The van der Waals surface area contributed by atoms with Gasteiger partial charge in [0.1, 0.15) is 0 Å². The van der Waals surface area contributed by atoms with Gasteiger partial charge in [0.05, 0.1) is 0 Å². The molecule has 0 aromatic carbocycles. The van der Waals surface area contributed by atoms with Gasteiger partial charge in [-0.15, -0.1) is 0 Å². The molecule has 1 amide bonds. The van der Waals surface area contributed by atoms with E-state index in [4.69, 9.17) is 0 Å². The largest absolute Gasteiger partial charge is 0.337 e. The van der Waals surface area contributed by atoms with Crippen LogP contribution in [0.3, 0.4) is 0 Å². The lowest BCUT2D eigenvalue weighted by atomic mass is 10.2. The first-order valence-electron chi connectivity index (χ1n) is 5.48. The van der Waals surface area contributed by atoms with Gasteiger partial charge < -0.3 is 4.90 Å². The summed E-state index contributed by atoms with van der Waals surface area (Å²) in [5, 5.41) is 0. The summed E-state index contributed by atoms with van der Waals surface area (Å²) in [5.41, 5.74) is 0. The maximum Gasteiger partial charge on any atom is 0.223 e. The average molecular weight is 183 g/mol. The quantitative estimate of drug-likeness (QED) is 0.658. The van der Waals surface area contributed by atoms with Gasteiger partial charge in [0, 0.05) is 18.5 Å². The molecule has 76 valence electrons. The molecule has 1 fully saturated rings. The number of hydrogen-bond donors (Lipinski definition) is 0. The van der Waals surface area contributed by atoms with Gasteiger partial charge in [0.2, 0.25) is 5.91 Å². The van der Waals surface area contributed by atoms with E-state index in [9.17, 15) is 4.79 Å². The van der Waals surface area contributed by atoms with E-state index in [2.05, 4.69) is 25.7 Å². The second kappa shape index (κ2) is 4.64. The molecule has 0 bridgehead atoms. The molecule has 0 aromatic rings. The molecule has 0 aromatic heterocycles. The molecular weight excluding hydrogens is 162 g/mol. The van der Waals surface area contributed by atoms with Crippen molar-refractivity contribution in [1.29, 1.82) is 0 Å². The van der Waals surface area contributed by atoms with Crippen molar-refractivity contribution >= 4 is 5.91 Å². The van der Waals surface area contributed by atoms with Crippen LogP contribution >= 0.6 is 0 Å². The Morgan fingerprint density at radius 3 is 2.31 bits per heavy atom. The SMILES string of the molecule is CCCCC(=O)N1[C@H](C)CC[C@@H]1C. The Balaban J connectivity index is 2.44. The number of rotatable bonds is 3. The van der Waals surface area contributed by atoms with Crippen LogP contribution < -0.4 is 0 Å². The van der Waals surface area contributed by atoms with Crippen molar-refractivity contribution in [3.05, 3.63) is 0 Å². The summed E-state index contributed by atoms with van der Waals surface area (Å²) in [5.74, 6) is 0.361. The average Bonchev–Trinajstić information content (AvgIpc) is 2.42. The van der Waals surface area contributed by atoms with Crippen LogP contribution in [0.1, 0.15) is 52.9 Å². The number of likely N-dealkylation sites (tertiary alicyclic amines) is 1. The number of nitrogens with zero attached hydrogens (tertiary/aromatic N) is 1. The van der Waals surface area contributed by atoms with E-state index in [0.717, 1.165) is 19.3 Å². The molecule has 2 nitrogen and oxygen atoms in total. The predicted molar refractivity (Wildman–Crippen MR) is 54.5 cm³/mol. The molecule has 0 N–H and O–H groups in total. The maximum atomic E-state index is 11.8. The fraction of sp³-hybridized carbons (Fsp3) is 0.909. The Labute approximate surface area is 81.3 Å². The van der Waals surface area contributed by atoms with Gasteiger partial charge in [0.15, 0.2) is 0 Å². The second-order valence-corrected chi connectivity index (χ2v) is 4.18. The van der Waals surface area contributed by atoms with Crippen molar-refractivity contribution in [1.82, 2.24) is 4.90 Å². The normalized spacial score (nSPS) is 28.1. The van der Waals surface area contributed by atoms with Gasteiger partial charge in [-0.25, -0.2) is 0 Å². The Kier molecular flexibility index (Phi) is 3.76. The highest BCUT2D eigenvalue weighted by Crippen LogP contribution is 2.24. The van der Waals surface area contributed by atoms with Gasteiger partial charge in [0.25, 0.3) is 0 Å². The lowest BCUT2D eigenvalue weighted by Crippen LogP contribution is -2.38. The van der Waals surface area contributed by atoms with E-state index in [1.807, 2.05) is 0 Å². The summed E-state index contributed by atoms with van der Waals surface area (Å²) in [6, 6.07) is 0.943. The standard InChI is InChI=1S/C11H21NO/c1-4-5-6-11(13)12-9(2)7-8-10(12)3/h9-10H,4-8H2,1-3H3/t9-,10+. The van der Waals surface area contributed by atoms with Gasteiger partial charge in [-0.1, -0.05) is 13.3 Å². The topological polar surface area (TPSA) is 20.3 Å². The fourth-order valence-electron chi connectivity index (χ4n) is 2.14. The third-order valence-corrected chi connectivity index (χ3v) is 2.98. The number of carbonyl (C=O) groups excluding carboxylic acids is 1. The molecule has 0 radical (unpaired) electrons. The number of hydrogen-bond acceptors (Lipinski definition) is 1. The van der Waals surface area contributed by atoms with Gasteiger partial charge in [-0.3, -0.25) is 4.79 Å². The summed E-state index contributed by atoms with van der Waals surface area (Å²) in [6.45, 7) is 6.45. The zero-order chi connectivity index (χ0) is 9.84. The minimum absolute atomic E-state index is 0.361. The van der Waals surface area contributed by atoms with Crippen LogP contribution in [0.15, 0.2) is 0 Å². The monoisotopic (exact) mass is 183 g/mol. The summed E-state index contributed by atoms with van der Waals surface area (Å²) >= 11 is 0. The predicted octanol–water partition coefficient (Wildman–Crippen LogP) is 2.58. The zero-order valence-corrected chi connectivity index (χ0v) is 9.05. The van der Waals surface area contributed by atoms with Crippen molar-refractivity contribution in [3.63, 3.8) is 0 Å². The van der Waals surface area contributed by atoms with Gasteiger partial charge in [-0.2, -0.15) is 0 Å². The van der Waals surface area contributed by atoms with Crippen molar-refractivity contribution in [2.24, 2.45) is 0 Å². The number of amides is 1. The lowest BCUT2D eigenvalue weighted by molar-refractivity contribution is -0.133. The molecule has 0 saturated carbocycles. The van der Waals surface area contributed by atoms with Gasteiger partial charge >= 0.3 is 0 Å². The molecular formula is C11H21NO. The minimum atomic E-state index is 0.361. The molecule has 2 atom stereocenters. The summed E-state index contributed by atoms with van der Waals surface area (Å²) < 4.78 is 0. The Bertz CT molecular complexity index is 169. The van der Waals surface area contributed by atoms with E-state index < -0.39 is 0 Å². The van der Waals surface area contributed by atoms with E-state index in [1.54, 1.807) is 0 Å². The van der Waals surface area contributed by atoms with Crippen molar-refractivity contribution in [3.8, 4) is 0 Å². The molecule has 0 spiro atoms. The molecule has 1 aliphatic heterocycles. The molecule has 0 unspecified atom stereocenters. The first-order valence-corrected chi connectivity index (χ1v) is 5.48. The molecule has 1 aliphatic rings. The smallest absolute Gasteiger partial charge is 0.223 e. The summed E-state index contributed by atoms with van der Waals surface area (Å²) in [7, 11) is 0. The van der Waals surface area contributed by atoms with Crippen LogP contribution in [0.4, 0.5) is 0 Å². The minimum Gasteiger partial charge on any atom is -0.337 e. The number of unbranched alkanes of at least 4 members (excludes halogenated alkanes) is 1. The summed E-state index contributed by atoms with van der Waals surface area (Å²) in [6.07, 6.45) is 5.25. The summed E-state index contributed by atoms with van der Waals surface area (Å²) in [4.78, 5) is 13.8. The first kappa shape index (κ1) is 10.6. The van der Waals surface area contributed by atoms with E-state index >= 15 is 0 Å². The van der Waals surface area contributed by atoms with Gasteiger partial charge in [-0.05, 0) is 33.1 Å². The molecule has 1 rings (SSSR count). The highest BCUT2D eigenvalue weighted by Gasteiger charge is 2.30. The lowest BCUT2D eigenvalue weighted by Gasteiger charge is -2.26. The first-order chi connectivity index (χ1) is 6.16. The number of carbonyl (C=O) groups is 1. The Morgan fingerprint density at radius 2 is 1.85 bits per heavy atom.